The highest BCUT2D eigenvalue weighted by atomic mass is 16.1. The highest BCUT2D eigenvalue weighted by Crippen LogP contribution is 2.15. The average molecular weight is 340 g/mol. The molecule has 0 bridgehead atoms. The Hall–Kier alpha value is -1.69. The van der Waals surface area contributed by atoms with E-state index < -0.39 is 23.8 Å². The van der Waals surface area contributed by atoms with Gasteiger partial charge in [-0.3, -0.25) is 14.4 Å². The smallest absolute Gasteiger partial charge is 0.210 e. The average Bonchev–Trinajstić information content (AvgIpc) is 2.49. The monoisotopic (exact) mass is 339 g/mol. The Labute approximate surface area is 153 Å². The Bertz CT molecular complexity index is 586. The van der Waals surface area contributed by atoms with E-state index in [1.165, 1.54) is 0 Å². The molecule has 3 heteroatoms. The maximum Gasteiger partial charge on any atom is 0.210 e. The fourth-order valence-corrected chi connectivity index (χ4v) is 0.934. The van der Waals surface area contributed by atoms with Gasteiger partial charge in [-0.05, 0) is 12.0 Å². The maximum atomic E-state index is 11.1. The number of carbonyl (C=O) groups is 3. The van der Waals surface area contributed by atoms with Gasteiger partial charge in [0.15, 0.2) is 5.78 Å². The molecule has 0 heterocycles. The minimum absolute atomic E-state index is 0.130. The number of carbonyl (C=O) groups excluding carboxylic acids is 3. The topological polar surface area (TPSA) is 51.2 Å². The lowest BCUT2D eigenvalue weighted by Crippen LogP contribution is -2.18. The Kier molecular flexibility index (Phi) is 9.30. The van der Waals surface area contributed by atoms with Gasteiger partial charge < -0.3 is 0 Å². The number of hydrogen-bond donors (Lipinski definition) is 0. The SMILES string of the molecule is C#CC(=O)C(C)(C)C.CCC(=O)C(C)(C)C.[2H]C([2H])=C([2H])C(=O)C(C)(C)C. The van der Waals surface area contributed by atoms with Crippen molar-refractivity contribution in [1.82, 2.24) is 0 Å². The summed E-state index contributed by atoms with van der Waals surface area (Å²) in [6.45, 7) is 17.4. The highest BCUT2D eigenvalue weighted by Gasteiger charge is 2.18. The van der Waals surface area contributed by atoms with Gasteiger partial charge in [0, 0.05) is 22.7 Å². The Morgan fingerprint density at radius 2 is 1.42 bits per heavy atom. The van der Waals surface area contributed by atoms with Crippen molar-refractivity contribution in [3.63, 3.8) is 0 Å². The molecule has 0 aromatic heterocycles. The van der Waals surface area contributed by atoms with Gasteiger partial charge in [0.25, 0.3) is 0 Å². The van der Waals surface area contributed by atoms with Crippen LogP contribution in [0.1, 0.15) is 79.8 Å². The number of terminal acetylenes is 1. The van der Waals surface area contributed by atoms with E-state index in [0.717, 1.165) is 0 Å². The molecule has 0 aromatic rings. The summed E-state index contributed by atoms with van der Waals surface area (Å²) in [4.78, 5) is 32.6. The van der Waals surface area contributed by atoms with Crippen molar-refractivity contribution < 1.29 is 18.5 Å². The number of rotatable bonds is 2. The number of ketones is 3. The largest absolute Gasteiger partial charge is 0.299 e. The number of allylic oxidation sites excluding steroid dienone is 1. The fourth-order valence-electron chi connectivity index (χ4n) is 0.934. The van der Waals surface area contributed by atoms with Gasteiger partial charge in [-0.15, -0.1) is 6.42 Å². The quantitative estimate of drug-likeness (QED) is 0.402. The van der Waals surface area contributed by atoms with Crippen LogP contribution in [0.3, 0.4) is 0 Å². The predicted molar refractivity (Wildman–Crippen MR) is 103 cm³/mol. The lowest BCUT2D eigenvalue weighted by atomic mass is 9.90. The van der Waals surface area contributed by atoms with E-state index >= 15 is 0 Å². The summed E-state index contributed by atoms with van der Waals surface area (Å²) in [7, 11) is 0. The molecule has 0 atom stereocenters. The van der Waals surface area contributed by atoms with E-state index in [9.17, 15) is 14.4 Å². The summed E-state index contributed by atoms with van der Waals surface area (Å²) in [6, 6.07) is -0.516. The fraction of sp³-hybridized carbons (Fsp3) is 0.667. The first-order valence-electron chi connectivity index (χ1n) is 9.46. The summed E-state index contributed by atoms with van der Waals surface area (Å²) in [5.74, 6) is 1.80. The maximum absolute atomic E-state index is 11.1. The van der Waals surface area contributed by atoms with Gasteiger partial charge in [-0.25, -0.2) is 0 Å². The van der Waals surface area contributed by atoms with Gasteiger partial charge in [-0.2, -0.15) is 0 Å². The molecule has 0 fully saturated rings. The van der Waals surface area contributed by atoms with E-state index in [4.69, 9.17) is 10.5 Å². The summed E-state index contributed by atoms with van der Waals surface area (Å²) in [5.41, 5.74) is -1.16. The zero-order valence-electron chi connectivity index (χ0n) is 20.0. The summed E-state index contributed by atoms with van der Waals surface area (Å²) >= 11 is 0. The van der Waals surface area contributed by atoms with Crippen molar-refractivity contribution in [3.8, 4) is 12.3 Å². The standard InChI is InChI=1S/C7H14O.C7H12O.C7H10O/c3*1-5-6(8)7(2,3)4/h5H2,1-4H3;5H,1H2,2-4H3;1H,2-4H3/i;1D2,5D;. The van der Waals surface area contributed by atoms with Gasteiger partial charge in [0.1, 0.15) is 5.78 Å². The molecular formula is C21H36O3. The van der Waals surface area contributed by atoms with Crippen molar-refractivity contribution in [3.05, 3.63) is 12.6 Å². The van der Waals surface area contributed by atoms with Crippen LogP contribution in [0.4, 0.5) is 0 Å². The van der Waals surface area contributed by atoms with E-state index in [1.807, 2.05) is 27.7 Å². The zero-order valence-corrected chi connectivity index (χ0v) is 17.0. The second-order valence-corrected chi connectivity index (χ2v) is 8.45. The Morgan fingerprint density at radius 3 is 1.46 bits per heavy atom. The molecule has 0 unspecified atom stereocenters. The zero-order chi connectivity index (χ0) is 22.8. The molecule has 3 nitrogen and oxygen atoms in total. The molecule has 24 heavy (non-hydrogen) atoms. The van der Waals surface area contributed by atoms with Gasteiger partial charge >= 0.3 is 0 Å². The van der Waals surface area contributed by atoms with Crippen LogP contribution in [-0.4, -0.2) is 17.3 Å². The molecule has 0 aliphatic heterocycles. The lowest BCUT2D eigenvalue weighted by molar-refractivity contribution is -0.126. The molecule has 0 N–H and O–H groups in total. The molecule has 0 aromatic carbocycles. The van der Waals surface area contributed by atoms with Crippen LogP contribution < -0.4 is 0 Å². The van der Waals surface area contributed by atoms with Crippen molar-refractivity contribution in [2.24, 2.45) is 16.2 Å². The molecule has 0 amide bonds. The first-order valence-corrected chi connectivity index (χ1v) is 7.96. The third-order valence-electron chi connectivity index (χ3n) is 2.76. The minimum Gasteiger partial charge on any atom is -0.299 e. The van der Waals surface area contributed by atoms with Gasteiger partial charge in [0.05, 0.1) is 4.11 Å². The van der Waals surface area contributed by atoms with Crippen molar-refractivity contribution in [1.29, 1.82) is 0 Å². The molecule has 0 rings (SSSR count). The molecule has 0 saturated heterocycles. The lowest BCUT2D eigenvalue weighted by Gasteiger charge is -2.13. The van der Waals surface area contributed by atoms with E-state index in [-0.39, 0.29) is 16.6 Å². The molecule has 138 valence electrons. The van der Waals surface area contributed by atoms with Crippen LogP contribution in [0.2, 0.25) is 0 Å². The second kappa shape index (κ2) is 11.0. The number of Topliss-reactive ketones (excluding diaryl/α,β-unsaturated/α-hetero) is 2. The van der Waals surface area contributed by atoms with Crippen molar-refractivity contribution >= 4 is 17.3 Å². The van der Waals surface area contributed by atoms with Gasteiger partial charge in [0.2, 0.25) is 5.78 Å². The first kappa shape index (κ1) is 20.4. The minimum atomic E-state index is -0.718. The third kappa shape index (κ3) is 15.2. The van der Waals surface area contributed by atoms with Crippen LogP contribution in [0.15, 0.2) is 12.6 Å². The van der Waals surface area contributed by atoms with Crippen LogP contribution in [0.25, 0.3) is 0 Å². The third-order valence-corrected chi connectivity index (χ3v) is 2.76. The molecule has 0 aliphatic rings. The second-order valence-electron chi connectivity index (χ2n) is 8.45. The molecular weight excluding hydrogens is 300 g/mol. The summed E-state index contributed by atoms with van der Waals surface area (Å²) < 4.78 is 20.5. The summed E-state index contributed by atoms with van der Waals surface area (Å²) in [6.07, 6.45) is 5.51. The molecule has 0 radical (unpaired) electrons. The van der Waals surface area contributed by atoms with Crippen LogP contribution >= 0.6 is 0 Å². The van der Waals surface area contributed by atoms with E-state index in [2.05, 4.69) is 5.92 Å². The van der Waals surface area contributed by atoms with Crippen molar-refractivity contribution in [2.45, 2.75) is 75.7 Å². The van der Waals surface area contributed by atoms with Crippen LogP contribution in [0.5, 0.6) is 0 Å². The number of hydrogen-bond acceptors (Lipinski definition) is 3. The predicted octanol–water partition coefficient (Wildman–Crippen LogP) is 5.03. The van der Waals surface area contributed by atoms with Crippen LogP contribution in [-0.2, 0) is 14.4 Å². The molecule has 0 spiro atoms. The van der Waals surface area contributed by atoms with E-state index in [1.54, 1.807) is 41.5 Å². The molecule has 0 aliphatic carbocycles. The highest BCUT2D eigenvalue weighted by molar-refractivity contribution is 5.98. The Balaban J connectivity index is -0.000000327. The van der Waals surface area contributed by atoms with Gasteiger partial charge in [-0.1, -0.05) is 75.8 Å². The van der Waals surface area contributed by atoms with Crippen molar-refractivity contribution in [2.75, 3.05) is 0 Å². The summed E-state index contributed by atoms with van der Waals surface area (Å²) in [5, 5.41) is 0. The normalized spacial score (nSPS) is 12.5. The first-order chi connectivity index (χ1) is 11.7. The van der Waals surface area contributed by atoms with Crippen LogP contribution in [0, 0.1) is 28.6 Å². The molecule has 0 saturated carbocycles. The Morgan fingerprint density at radius 1 is 1.00 bits per heavy atom. The van der Waals surface area contributed by atoms with E-state index in [0.29, 0.717) is 12.2 Å².